The van der Waals surface area contributed by atoms with E-state index >= 15 is 0 Å². The first-order valence-corrected chi connectivity index (χ1v) is 3.83. The molecule has 0 amide bonds. The standard InChI is InChI=1S/C8H17NO/c1-7(2)8(9-3)5-4-6-10/h6-9H,4-5H2,1-3H3. The molecular formula is C8H17NO. The van der Waals surface area contributed by atoms with Gasteiger partial charge in [-0.3, -0.25) is 0 Å². The highest BCUT2D eigenvalue weighted by Gasteiger charge is 2.08. The first kappa shape index (κ1) is 9.63. The summed E-state index contributed by atoms with van der Waals surface area (Å²) in [6, 6.07) is 0.491. The Morgan fingerprint density at radius 2 is 2.10 bits per heavy atom. The van der Waals surface area contributed by atoms with Gasteiger partial charge in [-0.1, -0.05) is 13.8 Å². The van der Waals surface area contributed by atoms with Crippen molar-refractivity contribution in [1.82, 2.24) is 5.32 Å². The molecule has 0 aromatic carbocycles. The number of hydrogen-bond donors (Lipinski definition) is 1. The van der Waals surface area contributed by atoms with E-state index in [4.69, 9.17) is 0 Å². The third-order valence-corrected chi connectivity index (χ3v) is 1.77. The summed E-state index contributed by atoms with van der Waals surface area (Å²) in [7, 11) is 1.94. The summed E-state index contributed by atoms with van der Waals surface area (Å²) in [5, 5.41) is 3.18. The number of nitrogens with one attached hydrogen (secondary N) is 1. The summed E-state index contributed by atoms with van der Waals surface area (Å²) in [6.07, 6.45) is 2.61. The Labute approximate surface area is 63.0 Å². The predicted octanol–water partition coefficient (Wildman–Crippen LogP) is 1.21. The summed E-state index contributed by atoms with van der Waals surface area (Å²) >= 11 is 0. The van der Waals surface area contributed by atoms with Gasteiger partial charge in [0.15, 0.2) is 0 Å². The fourth-order valence-corrected chi connectivity index (χ4v) is 1.06. The number of hydrogen-bond acceptors (Lipinski definition) is 2. The Balaban J connectivity index is 3.49. The molecular weight excluding hydrogens is 126 g/mol. The van der Waals surface area contributed by atoms with Crippen LogP contribution in [0, 0.1) is 5.92 Å². The molecule has 60 valence electrons. The minimum Gasteiger partial charge on any atom is -0.317 e. The predicted molar refractivity (Wildman–Crippen MR) is 43.0 cm³/mol. The molecule has 2 nitrogen and oxygen atoms in total. The van der Waals surface area contributed by atoms with Crippen LogP contribution in [0.25, 0.3) is 0 Å². The maximum absolute atomic E-state index is 10.0. The lowest BCUT2D eigenvalue weighted by molar-refractivity contribution is -0.108. The first-order valence-electron chi connectivity index (χ1n) is 3.83. The minimum atomic E-state index is 0.491. The van der Waals surface area contributed by atoms with Crippen molar-refractivity contribution in [2.45, 2.75) is 32.7 Å². The van der Waals surface area contributed by atoms with Crippen molar-refractivity contribution < 1.29 is 4.79 Å². The zero-order valence-corrected chi connectivity index (χ0v) is 7.05. The van der Waals surface area contributed by atoms with Crippen LogP contribution in [0.15, 0.2) is 0 Å². The van der Waals surface area contributed by atoms with Crippen LogP contribution < -0.4 is 5.32 Å². The topological polar surface area (TPSA) is 29.1 Å². The average molecular weight is 143 g/mol. The molecule has 0 aliphatic carbocycles. The van der Waals surface area contributed by atoms with Gasteiger partial charge in [0.05, 0.1) is 0 Å². The smallest absolute Gasteiger partial charge is 0.120 e. The van der Waals surface area contributed by atoms with Crippen LogP contribution in [-0.4, -0.2) is 19.4 Å². The molecule has 0 spiro atoms. The number of aldehydes is 1. The number of carbonyl (C=O) groups excluding carboxylic acids is 1. The minimum absolute atomic E-state index is 0.491. The molecule has 0 rings (SSSR count). The number of rotatable bonds is 5. The summed E-state index contributed by atoms with van der Waals surface area (Å²) in [4.78, 5) is 10.0. The van der Waals surface area contributed by atoms with E-state index in [9.17, 15) is 4.79 Å². The number of carbonyl (C=O) groups is 1. The fourth-order valence-electron chi connectivity index (χ4n) is 1.06. The van der Waals surface area contributed by atoms with Crippen molar-refractivity contribution in [3.63, 3.8) is 0 Å². The average Bonchev–Trinajstić information content (AvgIpc) is 1.89. The second kappa shape index (κ2) is 5.42. The Morgan fingerprint density at radius 3 is 2.40 bits per heavy atom. The Kier molecular flexibility index (Phi) is 5.22. The van der Waals surface area contributed by atoms with E-state index in [-0.39, 0.29) is 0 Å². The maximum Gasteiger partial charge on any atom is 0.120 e. The molecule has 0 aliphatic heterocycles. The Bertz CT molecular complexity index is 91.3. The van der Waals surface area contributed by atoms with Crippen molar-refractivity contribution >= 4 is 6.29 Å². The van der Waals surface area contributed by atoms with Gasteiger partial charge >= 0.3 is 0 Å². The lowest BCUT2D eigenvalue weighted by atomic mass is 10.0. The van der Waals surface area contributed by atoms with E-state index in [1.807, 2.05) is 7.05 Å². The van der Waals surface area contributed by atoms with E-state index in [0.717, 1.165) is 12.7 Å². The van der Waals surface area contributed by atoms with Gasteiger partial charge in [-0.25, -0.2) is 0 Å². The van der Waals surface area contributed by atoms with Gasteiger partial charge in [-0.05, 0) is 19.4 Å². The molecule has 0 heterocycles. The van der Waals surface area contributed by atoms with Crippen molar-refractivity contribution in [3.05, 3.63) is 0 Å². The highest BCUT2D eigenvalue weighted by Crippen LogP contribution is 2.06. The first-order chi connectivity index (χ1) is 4.72. The summed E-state index contributed by atoms with van der Waals surface area (Å²) in [6.45, 7) is 4.32. The van der Waals surface area contributed by atoms with E-state index in [1.165, 1.54) is 0 Å². The molecule has 0 saturated heterocycles. The van der Waals surface area contributed by atoms with Crippen LogP contribution in [0.3, 0.4) is 0 Å². The lowest BCUT2D eigenvalue weighted by Gasteiger charge is -2.18. The van der Waals surface area contributed by atoms with Gasteiger partial charge in [-0.2, -0.15) is 0 Å². The summed E-state index contributed by atoms with van der Waals surface area (Å²) in [5.41, 5.74) is 0. The molecule has 0 aromatic heterocycles. The van der Waals surface area contributed by atoms with E-state index < -0.39 is 0 Å². The SMILES string of the molecule is CNC(CCC=O)C(C)C. The van der Waals surface area contributed by atoms with E-state index in [2.05, 4.69) is 19.2 Å². The van der Waals surface area contributed by atoms with E-state index in [0.29, 0.717) is 18.4 Å². The second-order valence-electron chi connectivity index (χ2n) is 2.88. The molecule has 1 atom stereocenters. The van der Waals surface area contributed by atoms with Gasteiger partial charge in [0, 0.05) is 12.5 Å². The van der Waals surface area contributed by atoms with Crippen LogP contribution >= 0.6 is 0 Å². The zero-order chi connectivity index (χ0) is 7.98. The molecule has 0 radical (unpaired) electrons. The lowest BCUT2D eigenvalue weighted by Crippen LogP contribution is -2.30. The van der Waals surface area contributed by atoms with Gasteiger partial charge in [0.1, 0.15) is 6.29 Å². The van der Waals surface area contributed by atoms with Crippen molar-refractivity contribution in [2.24, 2.45) is 5.92 Å². The fraction of sp³-hybridized carbons (Fsp3) is 0.875. The van der Waals surface area contributed by atoms with Crippen LogP contribution in [0.1, 0.15) is 26.7 Å². The molecule has 0 saturated carbocycles. The molecule has 0 aromatic rings. The summed E-state index contributed by atoms with van der Waals surface area (Å²) in [5.74, 6) is 0.616. The molecule has 1 N–H and O–H groups in total. The molecule has 2 heteroatoms. The molecule has 0 bridgehead atoms. The molecule has 0 fully saturated rings. The highest BCUT2D eigenvalue weighted by atomic mass is 16.1. The normalized spacial score (nSPS) is 13.6. The highest BCUT2D eigenvalue weighted by molar-refractivity contribution is 5.49. The Hall–Kier alpha value is -0.370. The quantitative estimate of drug-likeness (QED) is 0.586. The van der Waals surface area contributed by atoms with Crippen LogP contribution in [0.2, 0.25) is 0 Å². The van der Waals surface area contributed by atoms with Crippen LogP contribution in [0.5, 0.6) is 0 Å². The maximum atomic E-state index is 10.0. The van der Waals surface area contributed by atoms with Gasteiger partial charge in [0.2, 0.25) is 0 Å². The third kappa shape index (κ3) is 3.62. The van der Waals surface area contributed by atoms with Crippen LogP contribution in [0.4, 0.5) is 0 Å². The largest absolute Gasteiger partial charge is 0.317 e. The van der Waals surface area contributed by atoms with Crippen LogP contribution in [-0.2, 0) is 4.79 Å². The van der Waals surface area contributed by atoms with Crippen molar-refractivity contribution in [3.8, 4) is 0 Å². The summed E-state index contributed by atoms with van der Waals surface area (Å²) < 4.78 is 0. The van der Waals surface area contributed by atoms with Gasteiger partial charge < -0.3 is 10.1 Å². The van der Waals surface area contributed by atoms with Gasteiger partial charge in [-0.15, -0.1) is 0 Å². The molecule has 0 aliphatic rings. The molecule has 10 heavy (non-hydrogen) atoms. The zero-order valence-electron chi connectivity index (χ0n) is 7.05. The molecule has 1 unspecified atom stereocenters. The van der Waals surface area contributed by atoms with E-state index in [1.54, 1.807) is 0 Å². The second-order valence-corrected chi connectivity index (χ2v) is 2.88. The third-order valence-electron chi connectivity index (χ3n) is 1.77. The Morgan fingerprint density at radius 1 is 1.50 bits per heavy atom. The van der Waals surface area contributed by atoms with Crippen molar-refractivity contribution in [2.75, 3.05) is 7.05 Å². The van der Waals surface area contributed by atoms with Gasteiger partial charge in [0.25, 0.3) is 0 Å². The monoisotopic (exact) mass is 143 g/mol. The van der Waals surface area contributed by atoms with Crippen molar-refractivity contribution in [1.29, 1.82) is 0 Å².